The largest absolute Gasteiger partial charge is 0.356 e. The van der Waals surface area contributed by atoms with E-state index in [1.165, 1.54) is 6.20 Å². The standard InChI is InChI=1S/C10H12N2O2/c1-13-10(14-2)5-8-3-4-12-7-9(8)6-11/h3-4,7,10H,5H2,1-2H3. The Hall–Kier alpha value is -1.44. The first-order chi connectivity index (χ1) is 6.81. The summed E-state index contributed by atoms with van der Waals surface area (Å²) in [5, 5.41) is 8.81. The molecule has 0 fully saturated rings. The van der Waals surface area contributed by atoms with Crippen molar-refractivity contribution in [2.24, 2.45) is 0 Å². The summed E-state index contributed by atoms with van der Waals surface area (Å²) in [6.45, 7) is 0. The highest BCUT2D eigenvalue weighted by Crippen LogP contribution is 2.10. The fraction of sp³-hybridized carbons (Fsp3) is 0.400. The van der Waals surface area contributed by atoms with Crippen LogP contribution >= 0.6 is 0 Å². The van der Waals surface area contributed by atoms with Gasteiger partial charge in [0.05, 0.1) is 5.56 Å². The summed E-state index contributed by atoms with van der Waals surface area (Å²) in [5.74, 6) is 0. The van der Waals surface area contributed by atoms with Gasteiger partial charge in [-0.3, -0.25) is 4.98 Å². The van der Waals surface area contributed by atoms with Gasteiger partial charge in [0.25, 0.3) is 0 Å². The summed E-state index contributed by atoms with van der Waals surface area (Å²) in [6.07, 6.45) is 3.43. The number of ether oxygens (including phenoxy) is 2. The second-order valence-electron chi connectivity index (χ2n) is 2.75. The van der Waals surface area contributed by atoms with Gasteiger partial charge in [0.2, 0.25) is 0 Å². The minimum absolute atomic E-state index is 0.315. The van der Waals surface area contributed by atoms with Gasteiger partial charge in [-0.15, -0.1) is 0 Å². The lowest BCUT2D eigenvalue weighted by Gasteiger charge is -2.13. The molecule has 0 unspecified atom stereocenters. The molecule has 1 aromatic heterocycles. The van der Waals surface area contributed by atoms with Gasteiger partial charge in [-0.25, -0.2) is 0 Å². The SMILES string of the molecule is COC(Cc1ccncc1C#N)OC. The van der Waals surface area contributed by atoms with Crippen molar-refractivity contribution >= 4 is 0 Å². The number of hydrogen-bond acceptors (Lipinski definition) is 4. The van der Waals surface area contributed by atoms with E-state index in [-0.39, 0.29) is 6.29 Å². The van der Waals surface area contributed by atoms with E-state index >= 15 is 0 Å². The maximum absolute atomic E-state index is 8.81. The quantitative estimate of drug-likeness (QED) is 0.671. The summed E-state index contributed by atoms with van der Waals surface area (Å²) in [4.78, 5) is 3.87. The van der Waals surface area contributed by atoms with Gasteiger partial charge in [-0.05, 0) is 11.6 Å². The third-order valence-corrected chi connectivity index (χ3v) is 1.94. The Morgan fingerprint density at radius 3 is 2.79 bits per heavy atom. The van der Waals surface area contributed by atoms with E-state index in [2.05, 4.69) is 11.1 Å². The van der Waals surface area contributed by atoms with Gasteiger partial charge in [0.1, 0.15) is 6.07 Å². The van der Waals surface area contributed by atoms with E-state index in [0.29, 0.717) is 12.0 Å². The molecule has 0 bridgehead atoms. The lowest BCUT2D eigenvalue weighted by atomic mass is 10.1. The zero-order valence-electron chi connectivity index (χ0n) is 8.23. The molecule has 0 radical (unpaired) electrons. The minimum Gasteiger partial charge on any atom is -0.356 e. The van der Waals surface area contributed by atoms with E-state index in [0.717, 1.165) is 5.56 Å². The summed E-state index contributed by atoms with van der Waals surface area (Å²) in [6, 6.07) is 3.87. The molecule has 4 heteroatoms. The Kier molecular flexibility index (Phi) is 4.05. The van der Waals surface area contributed by atoms with Gasteiger partial charge in [0, 0.05) is 33.0 Å². The topological polar surface area (TPSA) is 55.1 Å². The summed E-state index contributed by atoms with van der Waals surface area (Å²) < 4.78 is 10.1. The highest BCUT2D eigenvalue weighted by molar-refractivity contribution is 5.34. The monoisotopic (exact) mass is 192 g/mol. The van der Waals surface area contributed by atoms with Crippen LogP contribution in [0.15, 0.2) is 18.5 Å². The Bertz CT molecular complexity index is 329. The summed E-state index contributed by atoms with van der Waals surface area (Å²) >= 11 is 0. The van der Waals surface area contributed by atoms with Crippen LogP contribution in [0.5, 0.6) is 0 Å². The number of rotatable bonds is 4. The van der Waals surface area contributed by atoms with Crippen LogP contribution in [0.25, 0.3) is 0 Å². The average Bonchev–Trinajstić information content (AvgIpc) is 2.26. The van der Waals surface area contributed by atoms with Gasteiger partial charge in [0.15, 0.2) is 6.29 Å². The molecule has 1 aromatic rings. The first-order valence-corrected chi connectivity index (χ1v) is 4.20. The van der Waals surface area contributed by atoms with Gasteiger partial charge in [-0.2, -0.15) is 5.26 Å². The van der Waals surface area contributed by atoms with Crippen LogP contribution in [0.2, 0.25) is 0 Å². The lowest BCUT2D eigenvalue weighted by Crippen LogP contribution is -2.16. The second kappa shape index (κ2) is 5.32. The molecule has 1 rings (SSSR count). The number of hydrogen-bond donors (Lipinski definition) is 0. The molecule has 4 nitrogen and oxygen atoms in total. The highest BCUT2D eigenvalue weighted by Gasteiger charge is 2.09. The molecule has 0 aliphatic rings. The first-order valence-electron chi connectivity index (χ1n) is 4.20. The van der Waals surface area contributed by atoms with Crippen molar-refractivity contribution in [1.82, 2.24) is 4.98 Å². The maximum atomic E-state index is 8.81. The van der Waals surface area contributed by atoms with Crippen LogP contribution in [-0.2, 0) is 15.9 Å². The fourth-order valence-electron chi connectivity index (χ4n) is 1.14. The molecule has 0 atom stereocenters. The van der Waals surface area contributed by atoms with E-state index < -0.39 is 0 Å². The predicted molar refractivity (Wildman–Crippen MR) is 50.5 cm³/mol. The lowest BCUT2D eigenvalue weighted by molar-refractivity contribution is -0.100. The van der Waals surface area contributed by atoms with Gasteiger partial charge < -0.3 is 9.47 Å². The minimum atomic E-state index is -0.315. The molecular formula is C10H12N2O2. The number of methoxy groups -OCH3 is 2. The number of nitriles is 1. The fourth-order valence-corrected chi connectivity index (χ4v) is 1.14. The summed E-state index contributed by atoms with van der Waals surface area (Å²) in [7, 11) is 3.14. The Balaban J connectivity index is 2.80. The second-order valence-corrected chi connectivity index (χ2v) is 2.75. The van der Waals surface area contributed by atoms with E-state index in [1.54, 1.807) is 26.5 Å². The van der Waals surface area contributed by atoms with E-state index in [4.69, 9.17) is 14.7 Å². The number of pyridine rings is 1. The van der Waals surface area contributed by atoms with Crippen LogP contribution in [0.4, 0.5) is 0 Å². The molecule has 0 saturated carbocycles. The zero-order chi connectivity index (χ0) is 10.4. The molecule has 14 heavy (non-hydrogen) atoms. The van der Waals surface area contributed by atoms with Crippen molar-refractivity contribution in [3.8, 4) is 6.07 Å². The van der Waals surface area contributed by atoms with Gasteiger partial charge >= 0.3 is 0 Å². The van der Waals surface area contributed by atoms with Crippen LogP contribution < -0.4 is 0 Å². The van der Waals surface area contributed by atoms with Crippen LogP contribution in [0, 0.1) is 11.3 Å². The predicted octanol–water partition coefficient (Wildman–Crippen LogP) is 1.11. The van der Waals surface area contributed by atoms with Crippen molar-refractivity contribution in [2.75, 3.05) is 14.2 Å². The maximum Gasteiger partial charge on any atom is 0.160 e. The molecule has 0 aliphatic carbocycles. The normalized spacial score (nSPS) is 10.1. The molecule has 74 valence electrons. The number of nitrogens with zero attached hydrogens (tertiary/aromatic N) is 2. The Morgan fingerprint density at radius 1 is 1.50 bits per heavy atom. The highest BCUT2D eigenvalue weighted by atomic mass is 16.7. The molecule has 0 N–H and O–H groups in total. The molecule has 0 saturated heterocycles. The molecule has 0 spiro atoms. The molecular weight excluding hydrogens is 180 g/mol. The first kappa shape index (κ1) is 10.6. The third kappa shape index (κ3) is 2.52. The molecule has 0 aliphatic heterocycles. The van der Waals surface area contributed by atoms with E-state index in [9.17, 15) is 0 Å². The molecule has 0 amide bonds. The summed E-state index contributed by atoms with van der Waals surface area (Å²) in [5.41, 5.74) is 1.45. The van der Waals surface area contributed by atoms with Crippen molar-refractivity contribution in [3.05, 3.63) is 29.6 Å². The van der Waals surface area contributed by atoms with Crippen molar-refractivity contribution in [3.63, 3.8) is 0 Å². The number of aromatic nitrogens is 1. The van der Waals surface area contributed by atoms with Crippen molar-refractivity contribution in [1.29, 1.82) is 5.26 Å². The van der Waals surface area contributed by atoms with E-state index in [1.807, 2.05) is 0 Å². The zero-order valence-corrected chi connectivity index (χ0v) is 8.23. The van der Waals surface area contributed by atoms with Crippen LogP contribution in [-0.4, -0.2) is 25.5 Å². The van der Waals surface area contributed by atoms with Crippen LogP contribution in [0.1, 0.15) is 11.1 Å². The van der Waals surface area contributed by atoms with Crippen molar-refractivity contribution in [2.45, 2.75) is 12.7 Å². The van der Waals surface area contributed by atoms with Crippen LogP contribution in [0.3, 0.4) is 0 Å². The van der Waals surface area contributed by atoms with Crippen molar-refractivity contribution < 1.29 is 9.47 Å². The molecule has 0 aromatic carbocycles. The van der Waals surface area contributed by atoms with Gasteiger partial charge in [-0.1, -0.05) is 0 Å². The average molecular weight is 192 g/mol. The Labute approximate surface area is 83.1 Å². The smallest absolute Gasteiger partial charge is 0.160 e. The molecule has 1 heterocycles. The third-order valence-electron chi connectivity index (χ3n) is 1.94. The Morgan fingerprint density at radius 2 is 2.21 bits per heavy atom.